The number of rotatable bonds is 45. The maximum Gasteiger partial charge on any atom is 0.0888 e. The lowest BCUT2D eigenvalue weighted by Crippen LogP contribution is -1.94. The summed E-state index contributed by atoms with van der Waals surface area (Å²) in [4.78, 5) is 9.43. The lowest BCUT2D eigenvalue weighted by Gasteiger charge is -2.07. The average Bonchev–Trinajstić information content (AvgIpc) is 3.25. The molecule has 0 amide bonds. The van der Waals surface area contributed by atoms with E-state index in [1.807, 2.05) is 12.4 Å². The van der Waals surface area contributed by atoms with E-state index in [0.29, 0.717) is 0 Å². The van der Waals surface area contributed by atoms with Crippen molar-refractivity contribution >= 4 is 0 Å². The summed E-state index contributed by atoms with van der Waals surface area (Å²) in [6.07, 6.45) is 66.7. The normalized spacial score (nSPS) is 11.6. The van der Waals surface area contributed by atoms with Gasteiger partial charge in [0, 0.05) is 12.4 Å². The Hall–Kier alpha value is -1.70. The highest BCUT2D eigenvalue weighted by Gasteiger charge is 2.05. The van der Waals surface area contributed by atoms with Crippen LogP contribution in [0.25, 0.3) is 11.4 Å². The molecule has 58 heavy (non-hydrogen) atoms. The van der Waals surface area contributed by atoms with Crippen LogP contribution in [0.5, 0.6) is 0 Å². The summed E-state index contributed by atoms with van der Waals surface area (Å²) in [6, 6.07) is 9.01. The molecule has 0 fully saturated rings. The number of aromatic nitrogens is 2. The van der Waals surface area contributed by atoms with Crippen LogP contribution in [-0.4, -0.2) is 9.97 Å². The number of hydrogen-bond acceptors (Lipinski definition) is 2. The fourth-order valence-corrected chi connectivity index (χ4v) is 9.06. The van der Waals surface area contributed by atoms with Gasteiger partial charge in [-0.3, -0.25) is 9.97 Å². The molecule has 0 saturated carbocycles. The highest BCUT2D eigenvalue weighted by atomic mass is 14.8. The van der Waals surface area contributed by atoms with Gasteiger partial charge < -0.3 is 0 Å². The van der Waals surface area contributed by atoms with Crippen molar-refractivity contribution in [2.45, 2.75) is 296 Å². The molecule has 0 unspecified atom stereocenters. The van der Waals surface area contributed by atoms with Crippen LogP contribution in [0, 0.1) is 0 Å². The Labute approximate surface area is 364 Å². The average molecular weight is 801 g/mol. The maximum atomic E-state index is 4.72. The first kappa shape index (κ1) is 52.4. The molecule has 0 aromatic carbocycles. The van der Waals surface area contributed by atoms with E-state index in [1.165, 1.54) is 281 Å². The molecular formula is C56H100N2. The van der Waals surface area contributed by atoms with Gasteiger partial charge in [0.1, 0.15) is 0 Å². The molecule has 0 radical (unpaired) electrons. The van der Waals surface area contributed by atoms with Crippen molar-refractivity contribution in [3.63, 3.8) is 0 Å². The van der Waals surface area contributed by atoms with Crippen molar-refractivity contribution in [1.29, 1.82) is 0 Å². The number of aryl methyl sites for hydroxylation is 2. The Balaban J connectivity index is 1.37. The molecular weight excluding hydrogens is 701 g/mol. The van der Waals surface area contributed by atoms with E-state index in [9.17, 15) is 0 Å². The van der Waals surface area contributed by atoms with Crippen LogP contribution >= 0.6 is 0 Å². The summed E-state index contributed by atoms with van der Waals surface area (Å²) in [6.45, 7) is 4.62. The van der Waals surface area contributed by atoms with Gasteiger partial charge in [-0.25, -0.2) is 0 Å². The smallest absolute Gasteiger partial charge is 0.0888 e. The van der Waals surface area contributed by atoms with Crippen LogP contribution in [0.3, 0.4) is 0 Å². The third-order valence-corrected chi connectivity index (χ3v) is 13.0. The van der Waals surface area contributed by atoms with Crippen LogP contribution in [0.2, 0.25) is 0 Å². The minimum atomic E-state index is 1.04. The number of nitrogens with zero attached hydrogens (tertiary/aromatic N) is 2. The van der Waals surface area contributed by atoms with Crippen molar-refractivity contribution in [3.05, 3.63) is 47.8 Å². The van der Waals surface area contributed by atoms with Crippen molar-refractivity contribution < 1.29 is 0 Å². The van der Waals surface area contributed by atoms with Gasteiger partial charge in [-0.2, -0.15) is 0 Å². The summed E-state index contributed by atoms with van der Waals surface area (Å²) >= 11 is 0. The SMILES string of the molecule is CCCCCCCCCCCCCCCCCCCCCCCc1ccnc(-c2cc(CCCCCCCCCCCCCCCCCCCCCCC)ccn2)c1. The second kappa shape index (κ2) is 42.0. The van der Waals surface area contributed by atoms with Crippen LogP contribution < -0.4 is 0 Å². The van der Waals surface area contributed by atoms with Crippen LogP contribution in [0.4, 0.5) is 0 Å². The minimum absolute atomic E-state index is 1.04. The van der Waals surface area contributed by atoms with Crippen LogP contribution in [0.1, 0.15) is 295 Å². The van der Waals surface area contributed by atoms with E-state index in [4.69, 9.17) is 9.97 Å². The molecule has 0 atom stereocenters. The van der Waals surface area contributed by atoms with Gasteiger partial charge >= 0.3 is 0 Å². The van der Waals surface area contributed by atoms with Crippen molar-refractivity contribution in [2.24, 2.45) is 0 Å². The number of hydrogen-bond donors (Lipinski definition) is 0. The number of unbranched alkanes of at least 4 members (excludes halogenated alkanes) is 40. The fourth-order valence-electron chi connectivity index (χ4n) is 9.06. The van der Waals surface area contributed by atoms with E-state index < -0.39 is 0 Å². The van der Waals surface area contributed by atoms with E-state index >= 15 is 0 Å². The first-order chi connectivity index (χ1) is 28.8. The van der Waals surface area contributed by atoms with E-state index in [0.717, 1.165) is 24.2 Å². The van der Waals surface area contributed by atoms with Crippen LogP contribution in [-0.2, 0) is 12.8 Å². The Morgan fingerprint density at radius 1 is 0.259 bits per heavy atom. The molecule has 2 aromatic heterocycles. The predicted molar refractivity (Wildman–Crippen MR) is 260 cm³/mol. The quantitative estimate of drug-likeness (QED) is 0.0624. The number of pyridine rings is 2. The first-order valence-corrected chi connectivity index (χ1v) is 26.7. The largest absolute Gasteiger partial charge is 0.255 e. The van der Waals surface area contributed by atoms with Crippen molar-refractivity contribution in [1.82, 2.24) is 9.97 Å². The summed E-state index contributed by atoms with van der Waals surface area (Å²) in [5.41, 5.74) is 4.92. The van der Waals surface area contributed by atoms with Crippen molar-refractivity contribution in [3.8, 4) is 11.4 Å². The molecule has 0 saturated heterocycles. The second-order valence-electron chi connectivity index (χ2n) is 18.7. The molecule has 0 aliphatic carbocycles. The van der Waals surface area contributed by atoms with Gasteiger partial charge in [-0.15, -0.1) is 0 Å². The molecule has 2 aromatic rings. The molecule has 0 N–H and O–H groups in total. The van der Waals surface area contributed by atoms with E-state index in [1.54, 1.807) is 0 Å². The molecule has 2 heteroatoms. The Morgan fingerprint density at radius 3 is 0.655 bits per heavy atom. The Bertz CT molecular complexity index is 1020. The van der Waals surface area contributed by atoms with Crippen LogP contribution in [0.15, 0.2) is 36.7 Å². The third kappa shape index (κ3) is 33.1. The molecule has 2 nitrogen and oxygen atoms in total. The highest BCUT2D eigenvalue weighted by molar-refractivity contribution is 5.55. The predicted octanol–water partition coefficient (Wildman–Crippen LogP) is 19.7. The second-order valence-corrected chi connectivity index (χ2v) is 18.7. The fraction of sp³-hybridized carbons (Fsp3) is 0.821. The van der Waals surface area contributed by atoms with Gasteiger partial charge in [0.05, 0.1) is 11.4 Å². The van der Waals surface area contributed by atoms with E-state index in [-0.39, 0.29) is 0 Å². The Kier molecular flexibility index (Phi) is 38.0. The molecule has 0 spiro atoms. The standard InChI is InChI=1S/C56H100N2/c1-3-5-7-9-11-13-15-17-19-21-23-25-27-29-31-33-35-37-39-41-43-45-53-47-49-57-55(51-53)56-52-54(48-50-58-56)46-44-42-40-38-36-34-32-30-28-26-24-22-20-18-16-14-12-10-8-6-4-2/h47-52H,3-46H2,1-2H3. The zero-order chi connectivity index (χ0) is 41.1. The van der Waals surface area contributed by atoms with E-state index in [2.05, 4.69) is 38.1 Å². The summed E-state index contributed by atoms with van der Waals surface area (Å²) in [7, 11) is 0. The molecule has 0 bridgehead atoms. The molecule has 2 heterocycles. The third-order valence-electron chi connectivity index (χ3n) is 13.0. The van der Waals surface area contributed by atoms with Gasteiger partial charge in [0.2, 0.25) is 0 Å². The topological polar surface area (TPSA) is 25.8 Å². The minimum Gasteiger partial charge on any atom is -0.255 e. The zero-order valence-corrected chi connectivity index (χ0v) is 39.5. The molecule has 334 valence electrons. The highest BCUT2D eigenvalue weighted by Crippen LogP contribution is 2.21. The zero-order valence-electron chi connectivity index (χ0n) is 39.5. The summed E-state index contributed by atoms with van der Waals surface area (Å²) in [5.74, 6) is 0. The lowest BCUT2D eigenvalue weighted by molar-refractivity contribution is 0.520. The van der Waals surface area contributed by atoms with Gasteiger partial charge in [0.25, 0.3) is 0 Å². The monoisotopic (exact) mass is 801 g/mol. The molecule has 0 aliphatic rings. The summed E-state index contributed by atoms with van der Waals surface area (Å²) < 4.78 is 0. The maximum absolute atomic E-state index is 4.72. The first-order valence-electron chi connectivity index (χ1n) is 26.7. The molecule has 0 aliphatic heterocycles. The molecule has 2 rings (SSSR count). The summed E-state index contributed by atoms with van der Waals surface area (Å²) in [5, 5.41) is 0. The van der Waals surface area contributed by atoms with Crippen molar-refractivity contribution in [2.75, 3.05) is 0 Å². The van der Waals surface area contributed by atoms with Gasteiger partial charge in [0.15, 0.2) is 0 Å². The lowest BCUT2D eigenvalue weighted by atomic mass is 10.0. The van der Waals surface area contributed by atoms with Gasteiger partial charge in [-0.1, -0.05) is 271 Å². The van der Waals surface area contributed by atoms with Gasteiger partial charge in [-0.05, 0) is 61.1 Å². The Morgan fingerprint density at radius 2 is 0.448 bits per heavy atom.